The van der Waals surface area contributed by atoms with Crippen molar-refractivity contribution >= 4 is 34.3 Å². The Kier molecular flexibility index (Phi) is 2.18. The number of nitrogens with zero attached hydrogens (tertiary/aromatic N) is 1. The molecular formula is C14H14N4OS. The maximum atomic E-state index is 12.0. The van der Waals surface area contributed by atoms with Gasteiger partial charge >= 0.3 is 0 Å². The van der Waals surface area contributed by atoms with Crippen molar-refractivity contribution in [2.24, 2.45) is 0 Å². The molecule has 0 bridgehead atoms. The molecule has 0 spiro atoms. The van der Waals surface area contributed by atoms with Crippen LogP contribution in [0.3, 0.4) is 0 Å². The van der Waals surface area contributed by atoms with Crippen LogP contribution in [0.5, 0.6) is 0 Å². The molecule has 1 amide bonds. The predicted molar refractivity (Wildman–Crippen MR) is 80.2 cm³/mol. The zero-order valence-corrected chi connectivity index (χ0v) is 12.0. The summed E-state index contributed by atoms with van der Waals surface area (Å²) in [6, 6.07) is 4.05. The number of thiazole rings is 1. The summed E-state index contributed by atoms with van der Waals surface area (Å²) in [6.07, 6.45) is -0.00223. The fraction of sp³-hybridized carbons (Fsp3) is 0.286. The van der Waals surface area contributed by atoms with E-state index in [1.165, 1.54) is 0 Å². The molecule has 0 aliphatic carbocycles. The fourth-order valence-electron chi connectivity index (χ4n) is 2.72. The van der Waals surface area contributed by atoms with E-state index in [0.717, 1.165) is 28.3 Å². The summed E-state index contributed by atoms with van der Waals surface area (Å²) in [5, 5.41) is 11.8. The van der Waals surface area contributed by atoms with Gasteiger partial charge in [-0.15, -0.1) is 11.3 Å². The van der Waals surface area contributed by atoms with Gasteiger partial charge in [-0.25, -0.2) is 4.98 Å². The summed E-state index contributed by atoms with van der Waals surface area (Å²) in [5.41, 5.74) is 6.28. The number of benzene rings is 1. The number of anilines is 3. The number of hydrogen-bond acceptors (Lipinski definition) is 5. The maximum absolute atomic E-state index is 12.0. The van der Waals surface area contributed by atoms with E-state index in [4.69, 9.17) is 0 Å². The van der Waals surface area contributed by atoms with Crippen molar-refractivity contribution < 1.29 is 4.79 Å². The Morgan fingerprint density at radius 1 is 1.20 bits per heavy atom. The molecule has 3 heterocycles. The number of rotatable bonds is 1. The van der Waals surface area contributed by atoms with E-state index in [1.54, 1.807) is 11.3 Å². The van der Waals surface area contributed by atoms with Gasteiger partial charge in [-0.2, -0.15) is 0 Å². The Hall–Kier alpha value is -2.08. The molecule has 0 saturated heterocycles. The predicted octanol–water partition coefficient (Wildman–Crippen LogP) is 2.91. The van der Waals surface area contributed by atoms with E-state index >= 15 is 0 Å². The maximum Gasteiger partial charge on any atom is 0.234 e. The van der Waals surface area contributed by atoms with Crippen LogP contribution in [0.15, 0.2) is 23.0 Å². The minimum absolute atomic E-state index is 0.00223. The first-order valence-electron chi connectivity index (χ1n) is 6.47. The number of hydrogen-bond donors (Lipinski definition) is 3. The molecule has 1 unspecified atom stereocenters. The van der Waals surface area contributed by atoms with Gasteiger partial charge in [-0.3, -0.25) is 4.79 Å². The van der Waals surface area contributed by atoms with Crippen molar-refractivity contribution in [3.63, 3.8) is 0 Å². The highest BCUT2D eigenvalue weighted by molar-refractivity contribution is 7.07. The minimum atomic E-state index is -0.481. The van der Waals surface area contributed by atoms with Crippen LogP contribution in [0.1, 0.15) is 31.3 Å². The van der Waals surface area contributed by atoms with E-state index in [2.05, 4.69) is 27.0 Å². The smallest absolute Gasteiger partial charge is 0.234 e. The third kappa shape index (κ3) is 1.48. The van der Waals surface area contributed by atoms with Crippen LogP contribution in [-0.4, -0.2) is 10.9 Å². The largest absolute Gasteiger partial charge is 0.359 e. The quantitative estimate of drug-likeness (QED) is 0.754. The van der Waals surface area contributed by atoms with Crippen LogP contribution in [0, 0.1) is 0 Å². The summed E-state index contributed by atoms with van der Waals surface area (Å²) in [6.45, 7) is 3.89. The molecule has 0 saturated carbocycles. The number of carbonyl (C=O) groups excluding carboxylic acids is 1. The van der Waals surface area contributed by atoms with Gasteiger partial charge in [0.25, 0.3) is 0 Å². The highest BCUT2D eigenvalue weighted by atomic mass is 32.1. The van der Waals surface area contributed by atoms with Gasteiger partial charge in [0, 0.05) is 11.1 Å². The van der Waals surface area contributed by atoms with Crippen LogP contribution in [0.2, 0.25) is 0 Å². The lowest BCUT2D eigenvalue weighted by Gasteiger charge is -2.15. The number of carbonyl (C=O) groups is 1. The lowest BCUT2D eigenvalue weighted by molar-refractivity contribution is -0.119. The van der Waals surface area contributed by atoms with E-state index in [9.17, 15) is 4.79 Å². The molecular weight excluding hydrogens is 272 g/mol. The Labute approximate surface area is 120 Å². The van der Waals surface area contributed by atoms with Crippen LogP contribution in [0.4, 0.5) is 17.1 Å². The number of nitrogens with one attached hydrogen (secondary N) is 3. The van der Waals surface area contributed by atoms with Crippen molar-refractivity contribution in [1.29, 1.82) is 0 Å². The van der Waals surface area contributed by atoms with Crippen molar-refractivity contribution in [1.82, 2.24) is 4.98 Å². The Morgan fingerprint density at radius 3 is 2.65 bits per heavy atom. The van der Waals surface area contributed by atoms with Crippen LogP contribution in [0.25, 0.3) is 0 Å². The fourth-order valence-corrected chi connectivity index (χ4v) is 3.30. The van der Waals surface area contributed by atoms with Crippen LogP contribution >= 0.6 is 11.3 Å². The van der Waals surface area contributed by atoms with Crippen LogP contribution < -0.4 is 16.0 Å². The monoisotopic (exact) mass is 286 g/mol. The summed E-state index contributed by atoms with van der Waals surface area (Å²) in [7, 11) is 0. The first-order valence-corrected chi connectivity index (χ1v) is 7.41. The Bertz CT molecular complexity index is 708. The SMILES string of the molecule is CC1(C)C(=O)Nc2cc3c(cc21)NC(c1cscn1)N3. The first-order chi connectivity index (χ1) is 9.55. The lowest BCUT2D eigenvalue weighted by atomic mass is 9.86. The Balaban J connectivity index is 1.74. The first kappa shape index (κ1) is 11.7. The molecule has 5 nitrogen and oxygen atoms in total. The molecule has 102 valence electrons. The van der Waals surface area contributed by atoms with Crippen molar-refractivity contribution in [2.45, 2.75) is 25.4 Å². The molecule has 1 aromatic carbocycles. The molecule has 1 atom stereocenters. The van der Waals surface area contributed by atoms with Gasteiger partial charge in [0.05, 0.1) is 28.0 Å². The summed E-state index contributed by atoms with van der Waals surface area (Å²) >= 11 is 1.58. The van der Waals surface area contributed by atoms with Gasteiger partial charge in [-0.1, -0.05) is 0 Å². The molecule has 0 radical (unpaired) electrons. The zero-order valence-electron chi connectivity index (χ0n) is 11.2. The van der Waals surface area contributed by atoms with E-state index in [1.807, 2.05) is 30.8 Å². The lowest BCUT2D eigenvalue weighted by Crippen LogP contribution is -2.26. The average Bonchev–Trinajstić information content (AvgIpc) is 3.08. The molecule has 0 fully saturated rings. The molecule has 6 heteroatoms. The molecule has 2 aromatic rings. The van der Waals surface area contributed by atoms with Crippen molar-refractivity contribution in [3.8, 4) is 0 Å². The zero-order chi connectivity index (χ0) is 13.9. The average molecular weight is 286 g/mol. The normalized spacial score (nSPS) is 21.7. The minimum Gasteiger partial charge on any atom is -0.359 e. The standard InChI is InChI=1S/C14H14N4OS/c1-14(2)7-3-9-10(4-8(7)18-13(14)19)17-12(16-9)11-5-20-6-15-11/h3-6,12,16-17H,1-2H3,(H,18,19). The van der Waals surface area contributed by atoms with Gasteiger partial charge in [0.2, 0.25) is 5.91 Å². The van der Waals surface area contributed by atoms with Gasteiger partial charge in [-0.05, 0) is 31.5 Å². The molecule has 3 N–H and O–H groups in total. The highest BCUT2D eigenvalue weighted by Crippen LogP contribution is 2.45. The Morgan fingerprint density at radius 2 is 1.95 bits per heavy atom. The molecule has 1 aromatic heterocycles. The van der Waals surface area contributed by atoms with Crippen molar-refractivity contribution in [2.75, 3.05) is 16.0 Å². The third-order valence-corrected chi connectivity index (χ3v) is 4.60. The summed E-state index contributed by atoms with van der Waals surface area (Å²) in [5.74, 6) is 0.0484. The number of fused-ring (bicyclic) bond motifs is 2. The highest BCUT2D eigenvalue weighted by Gasteiger charge is 2.40. The second-order valence-electron chi connectivity index (χ2n) is 5.66. The van der Waals surface area contributed by atoms with Gasteiger partial charge < -0.3 is 16.0 Å². The molecule has 20 heavy (non-hydrogen) atoms. The second-order valence-corrected chi connectivity index (χ2v) is 6.38. The van der Waals surface area contributed by atoms with E-state index < -0.39 is 5.41 Å². The van der Waals surface area contributed by atoms with Gasteiger partial charge in [0.1, 0.15) is 6.17 Å². The number of aromatic nitrogens is 1. The number of amides is 1. The molecule has 4 rings (SSSR count). The molecule has 2 aliphatic heterocycles. The van der Waals surface area contributed by atoms with Gasteiger partial charge in [0.15, 0.2) is 0 Å². The summed E-state index contributed by atoms with van der Waals surface area (Å²) < 4.78 is 0. The van der Waals surface area contributed by atoms with E-state index in [0.29, 0.717) is 0 Å². The third-order valence-electron chi connectivity index (χ3n) is 3.99. The topological polar surface area (TPSA) is 66.0 Å². The second kappa shape index (κ2) is 3.73. The molecule has 2 aliphatic rings. The van der Waals surface area contributed by atoms with Crippen molar-refractivity contribution in [3.05, 3.63) is 34.3 Å². The summed E-state index contributed by atoms with van der Waals surface area (Å²) in [4.78, 5) is 16.3. The van der Waals surface area contributed by atoms with E-state index in [-0.39, 0.29) is 12.1 Å². The van der Waals surface area contributed by atoms with Crippen LogP contribution in [-0.2, 0) is 10.2 Å².